The van der Waals surface area contributed by atoms with E-state index in [-0.39, 0.29) is 12.3 Å². The van der Waals surface area contributed by atoms with Gasteiger partial charge in [-0.05, 0) is 35.4 Å². The minimum atomic E-state index is -0.424. The summed E-state index contributed by atoms with van der Waals surface area (Å²) in [5.41, 5.74) is 2.45. The van der Waals surface area contributed by atoms with Crippen LogP contribution in [0.3, 0.4) is 0 Å². The average molecular weight is 352 g/mol. The third-order valence-electron chi connectivity index (χ3n) is 3.90. The molecule has 120 valence electrons. The molecule has 0 radical (unpaired) electrons. The number of carbonyl (C=O) groups is 1. The van der Waals surface area contributed by atoms with Crippen LogP contribution in [0.5, 0.6) is 11.5 Å². The molecule has 0 spiro atoms. The fraction of sp³-hybridized carbons (Fsp3) is 0.235. The second-order valence-corrected chi connectivity index (χ2v) is 6.03. The highest BCUT2D eigenvalue weighted by Crippen LogP contribution is 2.41. The average Bonchev–Trinajstić information content (AvgIpc) is 2.53. The number of ether oxygens (including phenoxy) is 2. The van der Waals surface area contributed by atoms with Crippen molar-refractivity contribution in [2.75, 3.05) is 14.2 Å². The van der Waals surface area contributed by atoms with Gasteiger partial charge in [0.05, 0.1) is 26.7 Å². The first-order valence-electron chi connectivity index (χ1n) is 7.03. The lowest BCUT2D eigenvalue weighted by atomic mass is 9.89. The highest BCUT2D eigenvalue weighted by atomic mass is 35.5. The van der Waals surface area contributed by atoms with E-state index in [4.69, 9.17) is 32.7 Å². The van der Waals surface area contributed by atoms with Gasteiger partial charge in [-0.1, -0.05) is 29.3 Å². The normalized spacial score (nSPS) is 16.5. The Labute approximate surface area is 144 Å². The van der Waals surface area contributed by atoms with Gasteiger partial charge in [0, 0.05) is 15.6 Å². The van der Waals surface area contributed by atoms with E-state index in [1.807, 2.05) is 12.1 Å². The van der Waals surface area contributed by atoms with Gasteiger partial charge < -0.3 is 14.8 Å². The predicted octanol–water partition coefficient (Wildman–Crippen LogP) is 3.77. The van der Waals surface area contributed by atoms with Crippen LogP contribution in [-0.4, -0.2) is 20.1 Å². The number of methoxy groups -OCH3 is 2. The van der Waals surface area contributed by atoms with E-state index in [9.17, 15) is 4.79 Å². The third kappa shape index (κ3) is 2.84. The smallest absolute Gasteiger partial charge is 0.225 e. The molecule has 0 saturated carbocycles. The van der Waals surface area contributed by atoms with Crippen molar-refractivity contribution >= 4 is 29.1 Å². The second-order valence-electron chi connectivity index (χ2n) is 5.22. The van der Waals surface area contributed by atoms with Gasteiger partial charge in [0.25, 0.3) is 0 Å². The van der Waals surface area contributed by atoms with E-state index in [1.165, 1.54) is 0 Å². The maximum atomic E-state index is 12.1. The second kappa shape index (κ2) is 6.30. The van der Waals surface area contributed by atoms with Crippen molar-refractivity contribution in [3.05, 3.63) is 57.1 Å². The van der Waals surface area contributed by atoms with E-state index in [0.717, 1.165) is 11.1 Å². The number of carbonyl (C=O) groups excluding carboxylic acids is 1. The lowest BCUT2D eigenvalue weighted by Crippen LogP contribution is -2.36. The number of fused-ring (bicyclic) bond motifs is 1. The van der Waals surface area contributed by atoms with Gasteiger partial charge in [-0.3, -0.25) is 4.79 Å². The molecule has 1 heterocycles. The fourth-order valence-corrected chi connectivity index (χ4v) is 3.45. The van der Waals surface area contributed by atoms with Crippen molar-refractivity contribution in [3.8, 4) is 11.5 Å². The van der Waals surface area contributed by atoms with E-state index >= 15 is 0 Å². The number of halogens is 2. The fourth-order valence-electron chi connectivity index (χ4n) is 2.84. The van der Waals surface area contributed by atoms with E-state index in [0.29, 0.717) is 27.1 Å². The number of amides is 1. The summed E-state index contributed by atoms with van der Waals surface area (Å²) in [6, 6.07) is 8.54. The molecule has 6 heteroatoms. The van der Waals surface area contributed by atoms with Crippen LogP contribution in [0, 0.1) is 0 Å². The van der Waals surface area contributed by atoms with Crippen molar-refractivity contribution in [3.63, 3.8) is 0 Å². The van der Waals surface area contributed by atoms with Gasteiger partial charge in [-0.25, -0.2) is 0 Å². The van der Waals surface area contributed by atoms with Crippen LogP contribution in [0.4, 0.5) is 0 Å². The van der Waals surface area contributed by atoms with Gasteiger partial charge in [0.15, 0.2) is 11.5 Å². The van der Waals surface area contributed by atoms with Gasteiger partial charge in [0.2, 0.25) is 5.91 Å². The molecule has 0 saturated heterocycles. The van der Waals surface area contributed by atoms with Crippen molar-refractivity contribution in [2.24, 2.45) is 0 Å². The molecule has 3 rings (SSSR count). The molecular formula is C17H15Cl2NO3. The molecule has 4 nitrogen and oxygen atoms in total. The quantitative estimate of drug-likeness (QED) is 0.915. The molecule has 0 fully saturated rings. The zero-order chi connectivity index (χ0) is 16.6. The Morgan fingerprint density at radius 1 is 1.09 bits per heavy atom. The lowest BCUT2D eigenvalue weighted by molar-refractivity contribution is -0.121. The van der Waals surface area contributed by atoms with Crippen LogP contribution in [0.25, 0.3) is 0 Å². The first-order valence-corrected chi connectivity index (χ1v) is 7.78. The summed E-state index contributed by atoms with van der Waals surface area (Å²) in [6.07, 6.45) is 0.272. The zero-order valence-electron chi connectivity index (χ0n) is 12.7. The van der Waals surface area contributed by atoms with Crippen molar-refractivity contribution in [2.45, 2.75) is 12.5 Å². The number of hydrogen-bond donors (Lipinski definition) is 1. The zero-order valence-corrected chi connectivity index (χ0v) is 14.2. The maximum absolute atomic E-state index is 12.1. The van der Waals surface area contributed by atoms with Gasteiger partial charge in [-0.2, -0.15) is 0 Å². The van der Waals surface area contributed by atoms with Crippen LogP contribution in [0.1, 0.15) is 22.7 Å². The van der Waals surface area contributed by atoms with Gasteiger partial charge in [-0.15, -0.1) is 0 Å². The van der Waals surface area contributed by atoms with Crippen LogP contribution in [0.2, 0.25) is 10.0 Å². The number of hydrogen-bond acceptors (Lipinski definition) is 3. The SMILES string of the molecule is COc1cc2c(cc1OC)[C@H](c1c(Cl)cccc1Cl)NC(=O)C2. The standard InChI is InChI=1S/C17H15Cl2NO3/c1-22-13-6-9-7-15(21)20-17(10(9)8-14(13)23-2)16-11(18)4-3-5-12(16)19/h3-6,8,17H,7H2,1-2H3,(H,20,21)/t17-/m1/s1. The van der Waals surface area contributed by atoms with E-state index < -0.39 is 6.04 Å². The molecule has 1 atom stereocenters. The van der Waals surface area contributed by atoms with Crippen LogP contribution >= 0.6 is 23.2 Å². The topological polar surface area (TPSA) is 47.6 Å². The molecule has 0 unspecified atom stereocenters. The molecule has 1 amide bonds. The lowest BCUT2D eigenvalue weighted by Gasteiger charge is -2.29. The highest BCUT2D eigenvalue weighted by molar-refractivity contribution is 6.36. The molecule has 0 bridgehead atoms. The number of rotatable bonds is 3. The van der Waals surface area contributed by atoms with Crippen molar-refractivity contribution in [1.29, 1.82) is 0 Å². The summed E-state index contributed by atoms with van der Waals surface area (Å²) in [7, 11) is 3.14. The summed E-state index contributed by atoms with van der Waals surface area (Å²) in [6.45, 7) is 0. The Bertz CT molecular complexity index is 756. The summed E-state index contributed by atoms with van der Waals surface area (Å²) in [4.78, 5) is 12.1. The minimum Gasteiger partial charge on any atom is -0.493 e. The Morgan fingerprint density at radius 2 is 1.70 bits per heavy atom. The van der Waals surface area contributed by atoms with Gasteiger partial charge >= 0.3 is 0 Å². The Balaban J connectivity index is 2.20. The molecule has 0 aromatic heterocycles. The molecule has 2 aromatic rings. The molecule has 2 aromatic carbocycles. The van der Waals surface area contributed by atoms with Crippen LogP contribution in [-0.2, 0) is 11.2 Å². The Morgan fingerprint density at radius 3 is 2.30 bits per heavy atom. The van der Waals surface area contributed by atoms with E-state index in [1.54, 1.807) is 32.4 Å². The first-order chi connectivity index (χ1) is 11.0. The molecule has 23 heavy (non-hydrogen) atoms. The molecular weight excluding hydrogens is 337 g/mol. The summed E-state index contributed by atoms with van der Waals surface area (Å²) >= 11 is 12.6. The first kappa shape index (κ1) is 16.0. The van der Waals surface area contributed by atoms with Crippen molar-refractivity contribution in [1.82, 2.24) is 5.32 Å². The maximum Gasteiger partial charge on any atom is 0.225 e. The Kier molecular flexibility index (Phi) is 4.37. The summed E-state index contributed by atoms with van der Waals surface area (Å²) in [5.74, 6) is 1.09. The monoisotopic (exact) mass is 351 g/mol. The molecule has 1 aliphatic heterocycles. The number of nitrogens with one attached hydrogen (secondary N) is 1. The van der Waals surface area contributed by atoms with Gasteiger partial charge in [0.1, 0.15) is 0 Å². The summed E-state index contributed by atoms with van der Waals surface area (Å²) in [5, 5.41) is 3.97. The third-order valence-corrected chi connectivity index (χ3v) is 4.56. The Hall–Kier alpha value is -1.91. The van der Waals surface area contributed by atoms with Crippen LogP contribution < -0.4 is 14.8 Å². The molecule has 1 N–H and O–H groups in total. The number of benzene rings is 2. The largest absolute Gasteiger partial charge is 0.493 e. The molecule has 1 aliphatic rings. The van der Waals surface area contributed by atoms with Crippen LogP contribution in [0.15, 0.2) is 30.3 Å². The van der Waals surface area contributed by atoms with E-state index in [2.05, 4.69) is 5.32 Å². The molecule has 0 aliphatic carbocycles. The minimum absolute atomic E-state index is 0.0919. The highest BCUT2D eigenvalue weighted by Gasteiger charge is 2.30. The summed E-state index contributed by atoms with van der Waals surface area (Å²) < 4.78 is 10.7. The van der Waals surface area contributed by atoms with Crippen molar-refractivity contribution < 1.29 is 14.3 Å². The predicted molar refractivity (Wildman–Crippen MR) is 89.7 cm³/mol.